The second-order valence-electron chi connectivity index (χ2n) is 11.8. The molecule has 1 heterocycles. The summed E-state index contributed by atoms with van der Waals surface area (Å²) in [6.45, 7) is 6.27. The van der Waals surface area contributed by atoms with E-state index in [2.05, 4.69) is 10.6 Å². The molecule has 3 aromatic rings. The quantitative estimate of drug-likeness (QED) is 0.293. The van der Waals surface area contributed by atoms with Crippen LogP contribution in [0.1, 0.15) is 58.4 Å². The number of carbonyl (C=O) groups is 3. The van der Waals surface area contributed by atoms with Crippen LogP contribution in [0.15, 0.2) is 51.7 Å². The number of benzene rings is 2. The van der Waals surface area contributed by atoms with E-state index in [-0.39, 0.29) is 6.42 Å². The summed E-state index contributed by atoms with van der Waals surface area (Å²) in [7, 11) is 1.62. The van der Waals surface area contributed by atoms with Gasteiger partial charge in [-0.3, -0.25) is 14.2 Å². The molecule has 0 aliphatic heterocycles. The van der Waals surface area contributed by atoms with Crippen molar-refractivity contribution in [3.05, 3.63) is 58.6 Å². The lowest BCUT2D eigenvalue weighted by atomic mass is 9.95. The van der Waals surface area contributed by atoms with Crippen molar-refractivity contribution < 1.29 is 28.3 Å². The number of primary amides is 1. The molecule has 1 atom stereocenters. The highest BCUT2D eigenvalue weighted by Crippen LogP contribution is 2.31. The Morgan fingerprint density at radius 2 is 1.74 bits per heavy atom. The molecule has 4 rings (SSSR count). The second-order valence-corrected chi connectivity index (χ2v) is 11.8. The van der Waals surface area contributed by atoms with Crippen molar-refractivity contribution in [1.29, 1.82) is 0 Å². The number of hydrogen-bond acceptors (Lipinski definition) is 7. The summed E-state index contributed by atoms with van der Waals surface area (Å²) in [5, 5.41) is 5.53. The first-order chi connectivity index (χ1) is 19.9. The Balaban J connectivity index is 1.47. The van der Waals surface area contributed by atoms with Gasteiger partial charge in [-0.25, -0.2) is 9.59 Å². The molecule has 3 amide bonds. The Hall–Kier alpha value is -4.12. The van der Waals surface area contributed by atoms with E-state index in [1.54, 1.807) is 38.5 Å². The topological polar surface area (TPSA) is 155 Å². The lowest BCUT2D eigenvalue weighted by Crippen LogP contribution is -2.61. The van der Waals surface area contributed by atoms with Gasteiger partial charge in [0.1, 0.15) is 17.2 Å². The maximum Gasteiger partial charge on any atom is 0.419 e. The van der Waals surface area contributed by atoms with Gasteiger partial charge in [0.05, 0.1) is 5.52 Å². The van der Waals surface area contributed by atoms with Crippen LogP contribution in [-0.2, 0) is 32.0 Å². The van der Waals surface area contributed by atoms with Crippen LogP contribution in [0.5, 0.6) is 0 Å². The van der Waals surface area contributed by atoms with Gasteiger partial charge in [0.15, 0.2) is 5.58 Å². The number of methoxy groups -OCH3 is 1. The van der Waals surface area contributed by atoms with E-state index in [1.807, 2.05) is 36.4 Å². The molecule has 42 heavy (non-hydrogen) atoms. The number of rotatable bonds is 11. The van der Waals surface area contributed by atoms with Gasteiger partial charge in [-0.15, -0.1) is 0 Å². The number of carbonyl (C=O) groups excluding carboxylic acids is 3. The fourth-order valence-electron chi connectivity index (χ4n) is 5.29. The number of alkyl carbamates (subject to hydrolysis) is 1. The molecule has 0 spiro atoms. The first kappa shape index (κ1) is 30.8. The third-order valence-electron chi connectivity index (χ3n) is 7.41. The Morgan fingerprint density at radius 3 is 2.36 bits per heavy atom. The Kier molecular flexibility index (Phi) is 9.40. The number of amides is 3. The maximum absolute atomic E-state index is 13.4. The minimum atomic E-state index is -1.16. The molecule has 0 saturated heterocycles. The predicted octanol–water partition coefficient (Wildman–Crippen LogP) is 3.65. The summed E-state index contributed by atoms with van der Waals surface area (Å²) in [6, 6.07) is 12.1. The maximum atomic E-state index is 13.4. The Labute approximate surface area is 244 Å². The van der Waals surface area contributed by atoms with Crippen LogP contribution in [-0.4, -0.2) is 53.4 Å². The van der Waals surface area contributed by atoms with Crippen LogP contribution in [0, 0.1) is 0 Å². The summed E-state index contributed by atoms with van der Waals surface area (Å²) in [4.78, 5) is 50.6. The Morgan fingerprint density at radius 1 is 1.07 bits per heavy atom. The van der Waals surface area contributed by atoms with Crippen LogP contribution < -0.4 is 22.1 Å². The molecular weight excluding hydrogens is 540 g/mol. The molecule has 11 heteroatoms. The zero-order valence-electron chi connectivity index (χ0n) is 24.7. The van der Waals surface area contributed by atoms with Crippen molar-refractivity contribution >= 4 is 29.0 Å². The third kappa shape index (κ3) is 7.39. The van der Waals surface area contributed by atoms with Crippen molar-refractivity contribution in [2.75, 3.05) is 13.7 Å². The van der Waals surface area contributed by atoms with E-state index < -0.39 is 40.8 Å². The molecule has 0 bridgehead atoms. The van der Waals surface area contributed by atoms with E-state index in [9.17, 15) is 19.2 Å². The van der Waals surface area contributed by atoms with Crippen molar-refractivity contribution in [2.45, 2.75) is 83.0 Å². The van der Waals surface area contributed by atoms with Crippen LogP contribution >= 0.6 is 0 Å². The second kappa shape index (κ2) is 12.8. The van der Waals surface area contributed by atoms with E-state index in [0.29, 0.717) is 43.5 Å². The fraction of sp³-hybridized carbons (Fsp3) is 0.484. The van der Waals surface area contributed by atoms with Crippen LogP contribution in [0.4, 0.5) is 4.79 Å². The summed E-state index contributed by atoms with van der Waals surface area (Å²) >= 11 is 0. The molecule has 1 unspecified atom stereocenters. The molecule has 226 valence electrons. The number of nitrogens with two attached hydrogens (primary N) is 1. The van der Waals surface area contributed by atoms with Crippen molar-refractivity contribution in [1.82, 2.24) is 15.2 Å². The van der Waals surface area contributed by atoms with Crippen molar-refractivity contribution in [2.24, 2.45) is 5.73 Å². The summed E-state index contributed by atoms with van der Waals surface area (Å²) in [5.74, 6) is -1.53. The highest BCUT2D eigenvalue weighted by molar-refractivity contribution is 5.94. The van der Waals surface area contributed by atoms with Gasteiger partial charge in [-0.05, 0) is 68.9 Å². The molecule has 1 aliphatic rings. The molecule has 0 radical (unpaired) electrons. The summed E-state index contributed by atoms with van der Waals surface area (Å²) in [5.41, 5.74) is 7.63. The van der Waals surface area contributed by atoms with Gasteiger partial charge in [0, 0.05) is 26.7 Å². The standard InChI is InChI=1S/C31H40N4O7/c1-30(2,3)42-28(38)34-31(14-5-6-15-31)27(37)33-23(26(32)36)18-20-8-10-21(11-9-20)22-12-13-25-24(19-22)35(29(39)41-25)16-7-17-40-4/h8-13,19,23H,5-7,14-18H2,1-4H3,(H2,32,36)(H,33,37)(H,34,38). The number of oxazole rings is 1. The normalized spacial score (nSPS) is 15.3. The average molecular weight is 581 g/mol. The molecule has 1 aromatic heterocycles. The largest absolute Gasteiger partial charge is 0.444 e. The molecule has 2 aromatic carbocycles. The van der Waals surface area contributed by atoms with Gasteiger partial charge in [0.2, 0.25) is 11.8 Å². The SMILES string of the molecule is COCCCn1c(=O)oc2ccc(-c3ccc(CC(NC(=O)C4(NC(=O)OC(C)(C)C)CCCC4)C(N)=O)cc3)cc21. The van der Waals surface area contributed by atoms with Crippen molar-refractivity contribution in [3.63, 3.8) is 0 Å². The number of ether oxygens (including phenoxy) is 2. The van der Waals surface area contributed by atoms with E-state index in [0.717, 1.165) is 29.5 Å². The zero-order chi connectivity index (χ0) is 30.5. The minimum Gasteiger partial charge on any atom is -0.444 e. The summed E-state index contributed by atoms with van der Waals surface area (Å²) < 4.78 is 17.5. The van der Waals surface area contributed by atoms with Crippen LogP contribution in [0.3, 0.4) is 0 Å². The number of aryl methyl sites for hydroxylation is 1. The first-order valence-electron chi connectivity index (χ1n) is 14.2. The fourth-order valence-corrected chi connectivity index (χ4v) is 5.29. The number of hydrogen-bond donors (Lipinski definition) is 3. The van der Waals surface area contributed by atoms with Crippen LogP contribution in [0.2, 0.25) is 0 Å². The van der Waals surface area contributed by atoms with E-state index in [4.69, 9.17) is 19.6 Å². The van der Waals surface area contributed by atoms with E-state index >= 15 is 0 Å². The van der Waals surface area contributed by atoms with Crippen LogP contribution in [0.25, 0.3) is 22.2 Å². The predicted molar refractivity (Wildman–Crippen MR) is 158 cm³/mol. The average Bonchev–Trinajstić information content (AvgIpc) is 3.52. The number of nitrogens with one attached hydrogen (secondary N) is 2. The third-order valence-corrected chi connectivity index (χ3v) is 7.41. The van der Waals surface area contributed by atoms with Crippen molar-refractivity contribution in [3.8, 4) is 11.1 Å². The zero-order valence-corrected chi connectivity index (χ0v) is 24.7. The van der Waals surface area contributed by atoms with Gasteiger partial charge in [0.25, 0.3) is 0 Å². The van der Waals surface area contributed by atoms with Gasteiger partial charge < -0.3 is 30.3 Å². The molecule has 4 N–H and O–H groups in total. The van der Waals surface area contributed by atoms with Gasteiger partial charge in [-0.2, -0.15) is 0 Å². The highest BCUT2D eigenvalue weighted by atomic mass is 16.6. The number of nitrogens with zero attached hydrogens (tertiary/aromatic N) is 1. The summed E-state index contributed by atoms with van der Waals surface area (Å²) in [6.07, 6.45) is 2.61. The molecular formula is C31H40N4O7. The van der Waals surface area contributed by atoms with E-state index in [1.165, 1.54) is 0 Å². The first-order valence-corrected chi connectivity index (χ1v) is 14.2. The monoisotopic (exact) mass is 580 g/mol. The molecule has 1 saturated carbocycles. The molecule has 11 nitrogen and oxygen atoms in total. The number of aromatic nitrogens is 1. The Bertz CT molecular complexity index is 1480. The molecule has 1 aliphatic carbocycles. The minimum absolute atomic E-state index is 0.184. The lowest BCUT2D eigenvalue weighted by molar-refractivity contribution is -0.131. The highest BCUT2D eigenvalue weighted by Gasteiger charge is 2.44. The van der Waals surface area contributed by atoms with Gasteiger partial charge >= 0.3 is 11.8 Å². The lowest BCUT2D eigenvalue weighted by Gasteiger charge is -2.31. The smallest absolute Gasteiger partial charge is 0.419 e. The number of fused-ring (bicyclic) bond motifs is 1. The van der Waals surface area contributed by atoms with Gasteiger partial charge in [-0.1, -0.05) is 43.2 Å². The molecule has 1 fully saturated rings.